The van der Waals surface area contributed by atoms with Crippen LogP contribution in [-0.4, -0.2) is 40.7 Å². The van der Waals surface area contributed by atoms with Gasteiger partial charge in [0.25, 0.3) is 0 Å². The molecule has 1 saturated heterocycles. The summed E-state index contributed by atoms with van der Waals surface area (Å²) in [5, 5.41) is 15.4. The summed E-state index contributed by atoms with van der Waals surface area (Å²) < 4.78 is 0. The lowest BCUT2D eigenvalue weighted by Crippen LogP contribution is -2.55. The van der Waals surface area contributed by atoms with Gasteiger partial charge in [-0.1, -0.05) is 12.8 Å². The van der Waals surface area contributed by atoms with Crippen LogP contribution in [0.2, 0.25) is 0 Å². The van der Waals surface area contributed by atoms with Crippen LogP contribution in [0.25, 0.3) is 0 Å². The summed E-state index contributed by atoms with van der Waals surface area (Å²) in [6.45, 7) is 1.75. The zero-order chi connectivity index (χ0) is 13.2. The second-order valence-electron chi connectivity index (χ2n) is 5.30. The Morgan fingerprint density at radius 3 is 2.83 bits per heavy atom. The Labute approximate surface area is 111 Å². The summed E-state index contributed by atoms with van der Waals surface area (Å²) in [7, 11) is 0. The average molecular weight is 272 g/mol. The van der Waals surface area contributed by atoms with Crippen LogP contribution < -0.4 is 10.6 Å². The first kappa shape index (κ1) is 13.7. The molecule has 0 aromatic rings. The molecular formula is C12H20N2O3S. The molecule has 18 heavy (non-hydrogen) atoms. The van der Waals surface area contributed by atoms with E-state index in [1.165, 1.54) is 0 Å². The van der Waals surface area contributed by atoms with E-state index >= 15 is 0 Å². The van der Waals surface area contributed by atoms with Gasteiger partial charge in [0.05, 0.1) is 11.5 Å². The number of rotatable bonds is 3. The molecular weight excluding hydrogens is 252 g/mol. The van der Waals surface area contributed by atoms with Gasteiger partial charge in [-0.2, -0.15) is 0 Å². The third-order valence-electron chi connectivity index (χ3n) is 4.05. The van der Waals surface area contributed by atoms with E-state index in [1.54, 1.807) is 18.7 Å². The van der Waals surface area contributed by atoms with Gasteiger partial charge in [0.15, 0.2) is 0 Å². The van der Waals surface area contributed by atoms with Crippen molar-refractivity contribution in [1.29, 1.82) is 0 Å². The molecule has 1 saturated carbocycles. The fraction of sp³-hybridized carbons (Fsp3) is 0.833. The number of hydrogen-bond acceptors (Lipinski definition) is 4. The number of carbonyl (C=O) groups is 2. The Hall–Kier alpha value is -0.750. The Bertz CT molecular complexity index is 344. The van der Waals surface area contributed by atoms with Crippen LogP contribution in [0, 0.1) is 5.41 Å². The molecule has 0 aromatic heterocycles. The minimum Gasteiger partial charge on any atom is -0.481 e. The molecule has 2 rings (SSSR count). The van der Waals surface area contributed by atoms with E-state index in [0.717, 1.165) is 30.9 Å². The van der Waals surface area contributed by atoms with Crippen LogP contribution >= 0.6 is 11.8 Å². The van der Waals surface area contributed by atoms with Crippen molar-refractivity contribution in [3.05, 3.63) is 0 Å². The molecule has 3 unspecified atom stereocenters. The highest BCUT2D eigenvalue weighted by Crippen LogP contribution is 2.36. The zero-order valence-corrected chi connectivity index (χ0v) is 11.4. The molecule has 102 valence electrons. The summed E-state index contributed by atoms with van der Waals surface area (Å²) in [4.78, 5) is 23.5. The fourth-order valence-electron chi connectivity index (χ4n) is 2.66. The normalized spacial score (nSPS) is 36.3. The van der Waals surface area contributed by atoms with Crippen molar-refractivity contribution in [1.82, 2.24) is 10.6 Å². The van der Waals surface area contributed by atoms with Crippen LogP contribution in [0.15, 0.2) is 0 Å². The third-order valence-corrected chi connectivity index (χ3v) is 4.99. The topological polar surface area (TPSA) is 78.4 Å². The van der Waals surface area contributed by atoms with Gasteiger partial charge in [0.1, 0.15) is 0 Å². The maximum Gasteiger partial charge on any atom is 0.311 e. The van der Waals surface area contributed by atoms with Gasteiger partial charge in [-0.3, -0.25) is 14.9 Å². The number of nitrogens with one attached hydrogen (secondary N) is 2. The zero-order valence-electron chi connectivity index (χ0n) is 10.6. The molecule has 1 heterocycles. The summed E-state index contributed by atoms with van der Waals surface area (Å²) >= 11 is 1.69. The second kappa shape index (κ2) is 5.48. The van der Waals surface area contributed by atoms with E-state index in [9.17, 15) is 14.7 Å². The van der Waals surface area contributed by atoms with Crippen molar-refractivity contribution >= 4 is 23.6 Å². The lowest BCUT2D eigenvalue weighted by Gasteiger charge is -2.38. The van der Waals surface area contributed by atoms with Gasteiger partial charge >= 0.3 is 5.97 Å². The van der Waals surface area contributed by atoms with E-state index in [-0.39, 0.29) is 18.0 Å². The van der Waals surface area contributed by atoms with E-state index in [0.29, 0.717) is 6.42 Å². The molecule has 6 heteroatoms. The predicted octanol–water partition coefficient (Wildman–Crippen LogP) is 0.799. The molecule has 1 aliphatic heterocycles. The van der Waals surface area contributed by atoms with Crippen molar-refractivity contribution in [2.24, 2.45) is 5.41 Å². The molecule has 3 N–H and O–H groups in total. The standard InChI is InChI=1S/C12H20N2O3S/c1-12(11(16)17)5-3-2-4-9(12)14-10(15)8-6-18-7-13-8/h8-9,13H,2-7H2,1H3,(H,14,15)(H,16,17). The first-order chi connectivity index (χ1) is 8.54. The average Bonchev–Trinajstić information content (AvgIpc) is 2.85. The molecule has 0 aromatic carbocycles. The first-order valence-electron chi connectivity index (χ1n) is 6.39. The van der Waals surface area contributed by atoms with Crippen LogP contribution in [0.5, 0.6) is 0 Å². The van der Waals surface area contributed by atoms with Gasteiger partial charge in [-0.25, -0.2) is 0 Å². The SMILES string of the molecule is CC1(C(=O)O)CCCCC1NC(=O)C1CSCN1. The minimum absolute atomic E-state index is 0.0561. The molecule has 3 atom stereocenters. The van der Waals surface area contributed by atoms with Gasteiger partial charge in [0.2, 0.25) is 5.91 Å². The summed E-state index contributed by atoms with van der Waals surface area (Å²) in [5.74, 6) is 0.696. The van der Waals surface area contributed by atoms with Crippen molar-refractivity contribution < 1.29 is 14.7 Å². The van der Waals surface area contributed by atoms with E-state index in [1.807, 2.05) is 0 Å². The maximum absolute atomic E-state index is 12.0. The highest BCUT2D eigenvalue weighted by atomic mass is 32.2. The molecule has 5 nitrogen and oxygen atoms in total. The Balaban J connectivity index is 2.01. The number of aliphatic carboxylic acids is 1. The predicted molar refractivity (Wildman–Crippen MR) is 70.4 cm³/mol. The Kier molecular flexibility index (Phi) is 4.17. The van der Waals surface area contributed by atoms with E-state index in [4.69, 9.17) is 0 Å². The third kappa shape index (κ3) is 2.64. The molecule has 2 aliphatic rings. The number of thioether (sulfide) groups is 1. The molecule has 1 amide bonds. The van der Waals surface area contributed by atoms with Gasteiger partial charge < -0.3 is 10.4 Å². The van der Waals surface area contributed by atoms with Gasteiger partial charge in [0, 0.05) is 17.7 Å². The van der Waals surface area contributed by atoms with Crippen molar-refractivity contribution in [2.75, 3.05) is 11.6 Å². The smallest absolute Gasteiger partial charge is 0.311 e. The van der Waals surface area contributed by atoms with Crippen molar-refractivity contribution in [3.63, 3.8) is 0 Å². The molecule has 0 bridgehead atoms. The van der Waals surface area contributed by atoms with E-state index in [2.05, 4.69) is 10.6 Å². The number of carboxylic acids is 1. The van der Waals surface area contributed by atoms with Crippen LogP contribution in [0.3, 0.4) is 0 Å². The van der Waals surface area contributed by atoms with Crippen LogP contribution in [0.4, 0.5) is 0 Å². The Morgan fingerprint density at radius 1 is 1.44 bits per heavy atom. The maximum atomic E-state index is 12.0. The number of carbonyl (C=O) groups excluding carboxylic acids is 1. The van der Waals surface area contributed by atoms with Crippen LogP contribution in [0.1, 0.15) is 32.6 Å². The number of hydrogen-bond donors (Lipinski definition) is 3. The molecule has 1 aliphatic carbocycles. The number of amides is 1. The molecule has 2 fully saturated rings. The monoisotopic (exact) mass is 272 g/mol. The number of carboxylic acid groups (broad SMARTS) is 1. The summed E-state index contributed by atoms with van der Waals surface area (Å²) in [6.07, 6.45) is 3.31. The highest BCUT2D eigenvalue weighted by molar-refractivity contribution is 7.99. The minimum atomic E-state index is -0.820. The lowest BCUT2D eigenvalue weighted by molar-refractivity contribution is -0.152. The quantitative estimate of drug-likeness (QED) is 0.708. The largest absolute Gasteiger partial charge is 0.481 e. The summed E-state index contributed by atoms with van der Waals surface area (Å²) in [6, 6.07) is -0.418. The van der Waals surface area contributed by atoms with Crippen molar-refractivity contribution in [2.45, 2.75) is 44.7 Å². The van der Waals surface area contributed by atoms with Gasteiger partial charge in [-0.05, 0) is 19.8 Å². The Morgan fingerprint density at radius 2 is 2.22 bits per heavy atom. The summed E-state index contributed by atoms with van der Waals surface area (Å²) in [5.41, 5.74) is -0.820. The van der Waals surface area contributed by atoms with Gasteiger partial charge in [-0.15, -0.1) is 11.8 Å². The first-order valence-corrected chi connectivity index (χ1v) is 7.54. The molecule has 0 spiro atoms. The fourth-order valence-corrected chi connectivity index (χ4v) is 3.60. The molecule has 0 radical (unpaired) electrons. The van der Waals surface area contributed by atoms with Crippen LogP contribution in [-0.2, 0) is 9.59 Å². The second-order valence-corrected chi connectivity index (χ2v) is 6.33. The lowest BCUT2D eigenvalue weighted by atomic mass is 9.71. The van der Waals surface area contributed by atoms with Crippen molar-refractivity contribution in [3.8, 4) is 0 Å². The van der Waals surface area contributed by atoms with E-state index < -0.39 is 11.4 Å². The highest BCUT2D eigenvalue weighted by Gasteiger charge is 2.44.